The lowest BCUT2D eigenvalue weighted by Gasteiger charge is -2.14. The first-order valence-corrected chi connectivity index (χ1v) is 5.08. The Hall–Kier alpha value is -1.02. The molecule has 2 rings (SSSR count). The minimum atomic E-state index is 0.0481. The van der Waals surface area contributed by atoms with Crippen molar-refractivity contribution in [2.45, 2.75) is 38.6 Å². The molecule has 1 aromatic rings. The van der Waals surface area contributed by atoms with Gasteiger partial charge in [0.15, 0.2) is 0 Å². The van der Waals surface area contributed by atoms with Crippen molar-refractivity contribution in [3.63, 3.8) is 0 Å². The summed E-state index contributed by atoms with van der Waals surface area (Å²) in [6, 6.07) is 3.63. The van der Waals surface area contributed by atoms with Crippen LogP contribution in [0.4, 0.5) is 0 Å². The van der Waals surface area contributed by atoms with E-state index in [1.165, 1.54) is 5.56 Å². The molecule has 0 bridgehead atoms. The number of benzene rings is 1. The third-order valence-corrected chi connectivity index (χ3v) is 3.10. The summed E-state index contributed by atoms with van der Waals surface area (Å²) < 4.78 is 0. The van der Waals surface area contributed by atoms with Gasteiger partial charge in [0.1, 0.15) is 5.75 Å². The Bertz CT molecular complexity index is 344. The number of rotatable bonds is 2. The van der Waals surface area contributed by atoms with Gasteiger partial charge in [-0.05, 0) is 61.9 Å². The third-order valence-electron chi connectivity index (χ3n) is 3.10. The van der Waals surface area contributed by atoms with Crippen LogP contribution in [0.25, 0.3) is 0 Å². The fraction of sp³-hybridized carbons (Fsp3) is 0.500. The summed E-state index contributed by atoms with van der Waals surface area (Å²) in [4.78, 5) is 0. The van der Waals surface area contributed by atoms with E-state index in [4.69, 9.17) is 5.73 Å². The Morgan fingerprint density at radius 3 is 2.21 bits per heavy atom. The minimum Gasteiger partial charge on any atom is -0.508 e. The van der Waals surface area contributed by atoms with Gasteiger partial charge >= 0.3 is 0 Å². The number of hydrogen-bond donors (Lipinski definition) is 2. The van der Waals surface area contributed by atoms with Crippen LogP contribution >= 0.6 is 0 Å². The van der Waals surface area contributed by atoms with E-state index in [0.717, 1.165) is 30.4 Å². The molecule has 1 aromatic carbocycles. The quantitative estimate of drug-likeness (QED) is 0.751. The lowest BCUT2D eigenvalue weighted by molar-refractivity contribution is 0.474. The zero-order chi connectivity index (χ0) is 10.3. The Balaban J connectivity index is 2.32. The maximum atomic E-state index is 9.40. The zero-order valence-electron chi connectivity index (χ0n) is 8.80. The number of aryl methyl sites for hydroxylation is 2. The van der Waals surface area contributed by atoms with Gasteiger partial charge in [0.25, 0.3) is 0 Å². The summed E-state index contributed by atoms with van der Waals surface area (Å²) in [6.07, 6.45) is 3.21. The normalized spacial score (nSPS) is 18.2. The van der Waals surface area contributed by atoms with Gasteiger partial charge in [-0.15, -0.1) is 0 Å². The number of phenolic OH excluding ortho intramolecular Hbond substituents is 1. The molecule has 0 atom stereocenters. The first-order valence-electron chi connectivity index (χ1n) is 5.08. The average molecular weight is 191 g/mol. The van der Waals surface area contributed by atoms with Gasteiger partial charge in [0.2, 0.25) is 0 Å². The summed E-state index contributed by atoms with van der Waals surface area (Å²) in [7, 11) is 0. The molecule has 2 nitrogen and oxygen atoms in total. The summed E-state index contributed by atoms with van der Waals surface area (Å²) in [5.74, 6) is 0.352. The Labute approximate surface area is 84.7 Å². The van der Waals surface area contributed by atoms with Crippen LogP contribution in [0.2, 0.25) is 0 Å². The van der Waals surface area contributed by atoms with Crippen LogP contribution in [0.3, 0.4) is 0 Å². The maximum Gasteiger partial charge on any atom is 0.116 e. The van der Waals surface area contributed by atoms with Gasteiger partial charge < -0.3 is 10.8 Å². The number of aromatic hydroxyl groups is 1. The second kappa shape index (κ2) is 2.99. The second-order valence-electron chi connectivity index (χ2n) is 4.60. The van der Waals surface area contributed by atoms with Crippen molar-refractivity contribution in [3.8, 4) is 5.75 Å². The highest BCUT2D eigenvalue weighted by Crippen LogP contribution is 2.37. The zero-order valence-corrected chi connectivity index (χ0v) is 8.80. The molecule has 3 N–H and O–H groups in total. The van der Waals surface area contributed by atoms with Crippen molar-refractivity contribution < 1.29 is 5.11 Å². The van der Waals surface area contributed by atoms with Crippen LogP contribution in [0, 0.1) is 13.8 Å². The first-order chi connectivity index (χ1) is 6.50. The second-order valence-corrected chi connectivity index (χ2v) is 4.60. The van der Waals surface area contributed by atoms with E-state index in [-0.39, 0.29) is 5.54 Å². The van der Waals surface area contributed by atoms with Crippen LogP contribution < -0.4 is 5.73 Å². The van der Waals surface area contributed by atoms with Crippen LogP contribution in [-0.4, -0.2) is 10.6 Å². The van der Waals surface area contributed by atoms with E-state index in [2.05, 4.69) is 0 Å². The molecule has 2 heteroatoms. The van der Waals surface area contributed by atoms with Crippen LogP contribution in [0.1, 0.15) is 29.5 Å². The average Bonchev–Trinajstić information content (AvgIpc) is 2.77. The Morgan fingerprint density at radius 2 is 1.79 bits per heavy atom. The third kappa shape index (κ3) is 1.75. The van der Waals surface area contributed by atoms with E-state index in [1.807, 2.05) is 26.0 Å². The largest absolute Gasteiger partial charge is 0.508 e. The molecule has 1 aliphatic rings. The highest BCUT2D eigenvalue weighted by Gasteiger charge is 2.38. The van der Waals surface area contributed by atoms with Crippen LogP contribution in [0.15, 0.2) is 12.1 Å². The molecule has 0 heterocycles. The molecule has 0 radical (unpaired) electrons. The smallest absolute Gasteiger partial charge is 0.116 e. The molecule has 0 unspecified atom stereocenters. The van der Waals surface area contributed by atoms with E-state index in [1.54, 1.807) is 0 Å². The number of hydrogen-bond acceptors (Lipinski definition) is 2. The van der Waals surface area contributed by atoms with Crippen molar-refractivity contribution in [1.29, 1.82) is 0 Å². The lowest BCUT2D eigenvalue weighted by Crippen LogP contribution is -2.25. The summed E-state index contributed by atoms with van der Waals surface area (Å²) >= 11 is 0. The van der Waals surface area contributed by atoms with Crippen LogP contribution in [0.5, 0.6) is 5.75 Å². The topological polar surface area (TPSA) is 46.2 Å². The van der Waals surface area contributed by atoms with Crippen LogP contribution in [-0.2, 0) is 6.42 Å². The lowest BCUT2D eigenvalue weighted by atomic mass is 9.95. The highest BCUT2D eigenvalue weighted by atomic mass is 16.3. The summed E-state index contributed by atoms with van der Waals surface area (Å²) in [5, 5.41) is 9.40. The fourth-order valence-electron chi connectivity index (χ4n) is 1.94. The fourth-order valence-corrected chi connectivity index (χ4v) is 1.94. The van der Waals surface area contributed by atoms with Gasteiger partial charge in [-0.2, -0.15) is 0 Å². The number of nitrogens with two attached hydrogens (primary N) is 1. The molecule has 1 aliphatic carbocycles. The van der Waals surface area contributed by atoms with Gasteiger partial charge in [0, 0.05) is 5.54 Å². The van der Waals surface area contributed by atoms with Crippen molar-refractivity contribution >= 4 is 0 Å². The molecule has 0 saturated heterocycles. The van der Waals surface area contributed by atoms with E-state index in [0.29, 0.717) is 5.75 Å². The molecule has 0 aromatic heterocycles. The van der Waals surface area contributed by atoms with E-state index in [9.17, 15) is 5.11 Å². The standard InChI is InChI=1S/C12H17NO/c1-8-5-10(14)6-9(2)11(8)7-12(13)3-4-12/h5-6,14H,3-4,7,13H2,1-2H3. The van der Waals surface area contributed by atoms with Gasteiger partial charge in [0.05, 0.1) is 0 Å². The molecule has 0 amide bonds. The molecule has 1 saturated carbocycles. The highest BCUT2D eigenvalue weighted by molar-refractivity contribution is 5.41. The Kier molecular flexibility index (Phi) is 2.04. The van der Waals surface area contributed by atoms with Gasteiger partial charge in [-0.25, -0.2) is 0 Å². The predicted molar refractivity (Wildman–Crippen MR) is 57.4 cm³/mol. The van der Waals surface area contributed by atoms with Gasteiger partial charge in [-0.3, -0.25) is 0 Å². The molecule has 76 valence electrons. The van der Waals surface area contributed by atoms with E-state index < -0.39 is 0 Å². The maximum absolute atomic E-state index is 9.40. The van der Waals surface area contributed by atoms with Crippen molar-refractivity contribution in [1.82, 2.24) is 0 Å². The summed E-state index contributed by atoms with van der Waals surface area (Å²) in [6.45, 7) is 4.07. The monoisotopic (exact) mass is 191 g/mol. The SMILES string of the molecule is Cc1cc(O)cc(C)c1CC1(N)CC1. The minimum absolute atomic E-state index is 0.0481. The summed E-state index contributed by atoms with van der Waals surface area (Å²) in [5.41, 5.74) is 9.75. The molecular weight excluding hydrogens is 174 g/mol. The van der Waals surface area contributed by atoms with Crippen molar-refractivity contribution in [2.75, 3.05) is 0 Å². The molecule has 14 heavy (non-hydrogen) atoms. The first kappa shape index (κ1) is 9.53. The molecule has 1 fully saturated rings. The Morgan fingerprint density at radius 1 is 1.29 bits per heavy atom. The molecule has 0 aliphatic heterocycles. The van der Waals surface area contributed by atoms with Gasteiger partial charge in [-0.1, -0.05) is 0 Å². The van der Waals surface area contributed by atoms with Crippen molar-refractivity contribution in [3.05, 3.63) is 28.8 Å². The van der Waals surface area contributed by atoms with E-state index >= 15 is 0 Å². The predicted octanol–water partition coefficient (Wildman–Crippen LogP) is 2.04. The number of phenols is 1. The molecular formula is C12H17NO. The van der Waals surface area contributed by atoms with Crippen molar-refractivity contribution in [2.24, 2.45) is 5.73 Å². The molecule has 0 spiro atoms.